The molecule has 15 heteroatoms. The van der Waals surface area contributed by atoms with E-state index in [1.807, 2.05) is 0 Å². The summed E-state index contributed by atoms with van der Waals surface area (Å²) in [6.07, 6.45) is 0.229. The number of aromatic hydroxyl groups is 1. The summed E-state index contributed by atoms with van der Waals surface area (Å²) in [5.41, 5.74) is 16.6. The summed E-state index contributed by atoms with van der Waals surface area (Å²) in [5.74, 6) is -3.94. The van der Waals surface area contributed by atoms with E-state index in [0.717, 1.165) is 0 Å². The van der Waals surface area contributed by atoms with Gasteiger partial charge < -0.3 is 48.5 Å². The van der Waals surface area contributed by atoms with Crippen molar-refractivity contribution >= 4 is 42.3 Å². The minimum Gasteiger partial charge on any atom is -0.508 e. The van der Waals surface area contributed by atoms with Crippen molar-refractivity contribution in [3.8, 4) is 5.75 Å². The largest absolute Gasteiger partial charge is 0.508 e. The quantitative estimate of drug-likeness (QED) is 0.0472. The minimum absolute atomic E-state index is 0.00370. The predicted molar refractivity (Wildman–Crippen MR) is 134 cm³/mol. The number of carbonyl (C=O) groups is 4. The van der Waals surface area contributed by atoms with Crippen LogP contribution < -0.4 is 33.2 Å². The lowest BCUT2D eigenvalue weighted by Crippen LogP contribution is -2.58. The van der Waals surface area contributed by atoms with E-state index in [-0.39, 0.29) is 43.3 Å². The molecule has 3 amide bonds. The first-order valence-electron chi connectivity index (χ1n) is 10.9. The first kappa shape index (κ1) is 30.5. The number of nitrogens with one attached hydrogen (secondary N) is 3. The number of aliphatic imine (C=N–C) groups is 1. The van der Waals surface area contributed by atoms with Gasteiger partial charge in [-0.3, -0.25) is 19.4 Å². The highest BCUT2D eigenvalue weighted by molar-refractivity contribution is 7.80. The lowest BCUT2D eigenvalue weighted by Gasteiger charge is -2.24. The number of aliphatic hydroxyl groups excluding tert-OH is 1. The van der Waals surface area contributed by atoms with Crippen LogP contribution in [-0.4, -0.2) is 88.0 Å². The third-order valence-corrected chi connectivity index (χ3v) is 5.28. The van der Waals surface area contributed by atoms with E-state index >= 15 is 0 Å². The van der Waals surface area contributed by atoms with E-state index in [4.69, 9.17) is 22.3 Å². The van der Waals surface area contributed by atoms with Gasteiger partial charge in [-0.05, 0) is 30.5 Å². The van der Waals surface area contributed by atoms with Crippen molar-refractivity contribution in [3.63, 3.8) is 0 Å². The van der Waals surface area contributed by atoms with E-state index in [2.05, 4.69) is 33.6 Å². The lowest BCUT2D eigenvalue weighted by molar-refractivity contribution is -0.142. The molecule has 0 saturated carbocycles. The van der Waals surface area contributed by atoms with Gasteiger partial charge in [0.2, 0.25) is 17.7 Å². The topological polar surface area (TPSA) is 255 Å². The second-order valence-corrected chi connectivity index (χ2v) is 8.18. The zero-order valence-electron chi connectivity index (χ0n) is 19.5. The van der Waals surface area contributed by atoms with E-state index in [0.29, 0.717) is 5.56 Å². The number of phenols is 1. The molecule has 0 radical (unpaired) electrons. The number of nitrogens with zero attached hydrogens (tertiary/aromatic N) is 1. The fraction of sp³-hybridized carbons (Fsp3) is 0.476. The van der Waals surface area contributed by atoms with Crippen LogP contribution >= 0.6 is 12.6 Å². The molecule has 0 saturated heterocycles. The first-order valence-corrected chi connectivity index (χ1v) is 11.6. The summed E-state index contributed by atoms with van der Waals surface area (Å²) in [4.78, 5) is 53.3. The van der Waals surface area contributed by atoms with Crippen LogP contribution in [0, 0.1) is 0 Å². The van der Waals surface area contributed by atoms with Crippen LogP contribution in [0.15, 0.2) is 29.3 Å². The van der Waals surface area contributed by atoms with Gasteiger partial charge in [-0.25, -0.2) is 4.79 Å². The lowest BCUT2D eigenvalue weighted by atomic mass is 10.0. The number of amides is 3. The molecule has 12 N–H and O–H groups in total. The summed E-state index contributed by atoms with van der Waals surface area (Å²) in [5, 5.41) is 35.2. The van der Waals surface area contributed by atoms with Gasteiger partial charge in [0, 0.05) is 18.7 Å². The maximum Gasteiger partial charge on any atom is 0.326 e. The average Bonchev–Trinajstić information content (AvgIpc) is 2.83. The normalized spacial score (nSPS) is 14.0. The molecule has 0 heterocycles. The van der Waals surface area contributed by atoms with E-state index in [1.54, 1.807) is 0 Å². The van der Waals surface area contributed by atoms with Gasteiger partial charge in [0.25, 0.3) is 0 Å². The van der Waals surface area contributed by atoms with Crippen molar-refractivity contribution in [1.29, 1.82) is 0 Å². The molecule has 0 spiro atoms. The van der Waals surface area contributed by atoms with Gasteiger partial charge in [0.05, 0.1) is 6.61 Å². The van der Waals surface area contributed by atoms with Crippen molar-refractivity contribution in [2.75, 3.05) is 18.9 Å². The molecule has 0 fully saturated rings. The summed E-state index contributed by atoms with van der Waals surface area (Å²) < 4.78 is 0. The summed E-state index contributed by atoms with van der Waals surface area (Å²) in [7, 11) is 0. The number of thiol groups is 1. The SMILES string of the molecule is NC(N)=NCCCC(NC(=O)C(CS)NC(=O)C(N)CO)C(=O)NC(Cc1ccc(O)cc1)C(=O)O. The number of hydrogen-bond acceptors (Lipinski definition) is 9. The Morgan fingerprint density at radius 2 is 1.50 bits per heavy atom. The highest BCUT2D eigenvalue weighted by Crippen LogP contribution is 2.12. The van der Waals surface area contributed by atoms with Crippen LogP contribution in [-0.2, 0) is 25.6 Å². The minimum atomic E-state index is -1.33. The van der Waals surface area contributed by atoms with Crippen LogP contribution in [0.5, 0.6) is 5.75 Å². The zero-order valence-corrected chi connectivity index (χ0v) is 20.4. The Hall–Kier alpha value is -3.56. The number of aliphatic hydroxyl groups is 1. The molecule has 14 nitrogen and oxygen atoms in total. The molecule has 4 unspecified atom stereocenters. The number of carboxylic acids is 1. The molecule has 0 aliphatic rings. The molecule has 200 valence electrons. The van der Waals surface area contributed by atoms with Gasteiger partial charge in [-0.2, -0.15) is 12.6 Å². The molecule has 4 atom stereocenters. The van der Waals surface area contributed by atoms with Crippen LogP contribution in [0.3, 0.4) is 0 Å². The second kappa shape index (κ2) is 15.4. The zero-order chi connectivity index (χ0) is 27.3. The van der Waals surface area contributed by atoms with Crippen molar-refractivity contribution in [2.45, 2.75) is 43.4 Å². The fourth-order valence-electron chi connectivity index (χ4n) is 2.94. The van der Waals surface area contributed by atoms with Gasteiger partial charge >= 0.3 is 5.97 Å². The van der Waals surface area contributed by atoms with Crippen LogP contribution in [0.4, 0.5) is 0 Å². The summed E-state index contributed by atoms with van der Waals surface area (Å²) in [6, 6.07) is 0.843. The summed E-state index contributed by atoms with van der Waals surface area (Å²) in [6.45, 7) is -0.490. The highest BCUT2D eigenvalue weighted by Gasteiger charge is 2.29. The third kappa shape index (κ3) is 10.8. The van der Waals surface area contributed by atoms with E-state index < -0.39 is 54.5 Å². The molecule has 0 bridgehead atoms. The number of guanidine groups is 1. The molecule has 1 aromatic carbocycles. The molecular weight excluding hydrogens is 494 g/mol. The predicted octanol–water partition coefficient (Wildman–Crippen LogP) is -3.22. The number of carboxylic acid groups (broad SMARTS) is 1. The van der Waals surface area contributed by atoms with Crippen molar-refractivity contribution < 1.29 is 34.5 Å². The van der Waals surface area contributed by atoms with Crippen molar-refractivity contribution in [1.82, 2.24) is 16.0 Å². The van der Waals surface area contributed by atoms with Crippen molar-refractivity contribution in [3.05, 3.63) is 29.8 Å². The van der Waals surface area contributed by atoms with Gasteiger partial charge in [0.1, 0.15) is 29.9 Å². The Morgan fingerprint density at radius 1 is 0.944 bits per heavy atom. The Labute approximate surface area is 213 Å². The van der Waals surface area contributed by atoms with Crippen LogP contribution in [0.2, 0.25) is 0 Å². The molecule has 0 aliphatic heterocycles. The standard InChI is InChI=1S/C21H33N7O7S/c22-13(9-29)17(31)28-16(10-36)19(33)26-14(2-1-7-25-21(23)24)18(32)27-15(20(34)35)8-11-3-5-12(30)6-4-11/h3-6,13-16,29-30,36H,1-2,7-10,22H2,(H,26,33)(H,27,32)(H,28,31)(H,34,35)(H4,23,24,25). The van der Waals surface area contributed by atoms with Crippen LogP contribution in [0.25, 0.3) is 0 Å². The number of rotatable bonds is 15. The number of benzene rings is 1. The van der Waals surface area contributed by atoms with E-state index in [9.17, 15) is 29.4 Å². The molecule has 36 heavy (non-hydrogen) atoms. The number of phenolic OH excluding ortho intramolecular Hbond substituents is 1. The summed E-state index contributed by atoms with van der Waals surface area (Å²) >= 11 is 4.03. The van der Waals surface area contributed by atoms with Gasteiger partial charge in [0.15, 0.2) is 5.96 Å². The second-order valence-electron chi connectivity index (χ2n) is 7.81. The van der Waals surface area contributed by atoms with E-state index in [1.165, 1.54) is 24.3 Å². The van der Waals surface area contributed by atoms with Gasteiger partial charge in [-0.15, -0.1) is 0 Å². The highest BCUT2D eigenvalue weighted by atomic mass is 32.1. The maximum absolute atomic E-state index is 13.0. The first-order chi connectivity index (χ1) is 17.0. The Morgan fingerprint density at radius 3 is 2.03 bits per heavy atom. The Bertz CT molecular complexity index is 926. The smallest absolute Gasteiger partial charge is 0.326 e. The number of hydrogen-bond donors (Lipinski definition) is 10. The fourth-order valence-corrected chi connectivity index (χ4v) is 3.20. The molecule has 1 rings (SSSR count). The van der Waals surface area contributed by atoms with Crippen molar-refractivity contribution in [2.24, 2.45) is 22.2 Å². The third-order valence-electron chi connectivity index (χ3n) is 4.92. The molecule has 1 aromatic rings. The Kier molecular flexibility index (Phi) is 13.1. The monoisotopic (exact) mass is 527 g/mol. The number of aliphatic carboxylic acids is 1. The molecular formula is C21H33N7O7S. The molecule has 0 aliphatic carbocycles. The van der Waals surface area contributed by atoms with Crippen LogP contribution in [0.1, 0.15) is 18.4 Å². The average molecular weight is 528 g/mol. The number of carbonyl (C=O) groups excluding carboxylic acids is 3. The molecule has 0 aromatic heterocycles. The maximum atomic E-state index is 13.0. The Balaban J connectivity index is 2.98. The van der Waals surface area contributed by atoms with Gasteiger partial charge in [-0.1, -0.05) is 12.1 Å². The number of nitrogens with two attached hydrogens (primary N) is 3.